The van der Waals surface area contributed by atoms with E-state index in [1.54, 1.807) is 24.3 Å². The van der Waals surface area contributed by atoms with Crippen LogP contribution in [0.3, 0.4) is 0 Å². The molecule has 2 aromatic carbocycles. The fourth-order valence-electron chi connectivity index (χ4n) is 2.36. The molecule has 1 atom stereocenters. The van der Waals surface area contributed by atoms with E-state index in [0.717, 1.165) is 12.8 Å². The molecule has 2 N–H and O–H groups in total. The SMILES string of the molecule is CCC(C)(Cc1ccc(O)cc1)c1ccc(O)cc1. The molecule has 0 heterocycles. The molecule has 0 aliphatic carbocycles. The van der Waals surface area contributed by atoms with Crippen molar-refractivity contribution in [1.29, 1.82) is 0 Å². The molecular weight excluding hydrogens is 236 g/mol. The van der Waals surface area contributed by atoms with E-state index in [1.807, 2.05) is 24.3 Å². The zero-order chi connectivity index (χ0) is 13.9. The van der Waals surface area contributed by atoms with Gasteiger partial charge in [-0.05, 0) is 53.6 Å². The van der Waals surface area contributed by atoms with E-state index in [1.165, 1.54) is 11.1 Å². The molecule has 100 valence electrons. The summed E-state index contributed by atoms with van der Waals surface area (Å²) in [5.41, 5.74) is 2.46. The molecule has 0 saturated carbocycles. The normalized spacial score (nSPS) is 14.0. The maximum absolute atomic E-state index is 9.39. The molecule has 0 aliphatic heterocycles. The van der Waals surface area contributed by atoms with Crippen LogP contribution in [-0.4, -0.2) is 10.2 Å². The second kappa shape index (κ2) is 5.35. The van der Waals surface area contributed by atoms with Crippen LogP contribution in [-0.2, 0) is 11.8 Å². The summed E-state index contributed by atoms with van der Waals surface area (Å²) in [7, 11) is 0. The summed E-state index contributed by atoms with van der Waals surface area (Å²) in [5, 5.41) is 18.7. The molecule has 1 unspecified atom stereocenters. The van der Waals surface area contributed by atoms with E-state index in [2.05, 4.69) is 13.8 Å². The average Bonchev–Trinajstić information content (AvgIpc) is 2.42. The lowest BCUT2D eigenvalue weighted by atomic mass is 9.75. The van der Waals surface area contributed by atoms with Crippen molar-refractivity contribution in [2.24, 2.45) is 0 Å². The molecule has 2 heteroatoms. The van der Waals surface area contributed by atoms with Crippen LogP contribution in [0.1, 0.15) is 31.4 Å². The summed E-state index contributed by atoms with van der Waals surface area (Å²) in [5.74, 6) is 0.596. The van der Waals surface area contributed by atoms with E-state index in [9.17, 15) is 10.2 Å². The van der Waals surface area contributed by atoms with Crippen molar-refractivity contribution in [2.45, 2.75) is 32.1 Å². The zero-order valence-electron chi connectivity index (χ0n) is 11.4. The van der Waals surface area contributed by atoms with Gasteiger partial charge in [-0.1, -0.05) is 38.1 Å². The molecule has 2 nitrogen and oxygen atoms in total. The first kappa shape index (κ1) is 13.5. The summed E-state index contributed by atoms with van der Waals surface area (Å²) in [6.45, 7) is 4.40. The van der Waals surface area contributed by atoms with Crippen LogP contribution in [0, 0.1) is 0 Å². The number of benzene rings is 2. The van der Waals surface area contributed by atoms with Crippen LogP contribution in [0.4, 0.5) is 0 Å². The first-order valence-corrected chi connectivity index (χ1v) is 6.61. The molecule has 0 aromatic heterocycles. The Bertz CT molecular complexity index is 528. The molecule has 2 aromatic rings. The van der Waals surface area contributed by atoms with Crippen LogP contribution in [0.25, 0.3) is 0 Å². The molecule has 0 aliphatic rings. The molecule has 0 bridgehead atoms. The number of hydrogen-bond acceptors (Lipinski definition) is 2. The van der Waals surface area contributed by atoms with Crippen LogP contribution >= 0.6 is 0 Å². The van der Waals surface area contributed by atoms with E-state index in [-0.39, 0.29) is 5.41 Å². The summed E-state index contributed by atoms with van der Waals surface area (Å²) in [4.78, 5) is 0. The van der Waals surface area contributed by atoms with Gasteiger partial charge in [0.05, 0.1) is 0 Å². The van der Waals surface area contributed by atoms with Crippen LogP contribution < -0.4 is 0 Å². The number of phenols is 2. The second-order valence-corrected chi connectivity index (χ2v) is 5.30. The molecule has 0 radical (unpaired) electrons. The topological polar surface area (TPSA) is 40.5 Å². The fourth-order valence-corrected chi connectivity index (χ4v) is 2.36. The third-order valence-electron chi connectivity index (χ3n) is 3.88. The van der Waals surface area contributed by atoms with Crippen LogP contribution in [0.15, 0.2) is 48.5 Å². The molecular formula is C17H20O2. The van der Waals surface area contributed by atoms with Crippen molar-refractivity contribution in [3.63, 3.8) is 0 Å². The highest BCUT2D eigenvalue weighted by Crippen LogP contribution is 2.32. The Morgan fingerprint density at radius 3 is 1.79 bits per heavy atom. The minimum Gasteiger partial charge on any atom is -0.508 e. The monoisotopic (exact) mass is 256 g/mol. The lowest BCUT2D eigenvalue weighted by Gasteiger charge is -2.29. The molecule has 2 rings (SSSR count). The molecule has 19 heavy (non-hydrogen) atoms. The molecule has 0 fully saturated rings. The minimum atomic E-state index is 0.0324. The maximum Gasteiger partial charge on any atom is 0.115 e. The predicted molar refractivity (Wildman–Crippen MR) is 77.6 cm³/mol. The summed E-state index contributed by atoms with van der Waals surface area (Å²) >= 11 is 0. The number of hydrogen-bond donors (Lipinski definition) is 2. The van der Waals surface area contributed by atoms with Gasteiger partial charge in [0.2, 0.25) is 0 Å². The van der Waals surface area contributed by atoms with Crippen molar-refractivity contribution in [3.05, 3.63) is 59.7 Å². The minimum absolute atomic E-state index is 0.0324. The highest BCUT2D eigenvalue weighted by Gasteiger charge is 2.24. The average molecular weight is 256 g/mol. The van der Waals surface area contributed by atoms with Gasteiger partial charge in [-0.3, -0.25) is 0 Å². The van der Waals surface area contributed by atoms with Gasteiger partial charge >= 0.3 is 0 Å². The lowest BCUT2D eigenvalue weighted by molar-refractivity contribution is 0.446. The molecule has 0 saturated heterocycles. The summed E-state index contributed by atoms with van der Waals surface area (Å²) in [6.07, 6.45) is 1.92. The highest BCUT2D eigenvalue weighted by atomic mass is 16.3. The van der Waals surface area contributed by atoms with E-state index < -0.39 is 0 Å². The van der Waals surface area contributed by atoms with Crippen LogP contribution in [0.2, 0.25) is 0 Å². The quantitative estimate of drug-likeness (QED) is 0.867. The van der Waals surface area contributed by atoms with Gasteiger partial charge < -0.3 is 10.2 Å². The van der Waals surface area contributed by atoms with Gasteiger partial charge in [0.1, 0.15) is 11.5 Å². The third kappa shape index (κ3) is 3.08. The Kier molecular flexibility index (Phi) is 3.79. The Morgan fingerprint density at radius 1 is 0.842 bits per heavy atom. The van der Waals surface area contributed by atoms with Crippen LogP contribution in [0.5, 0.6) is 11.5 Å². The van der Waals surface area contributed by atoms with E-state index in [4.69, 9.17) is 0 Å². The van der Waals surface area contributed by atoms with E-state index >= 15 is 0 Å². The number of phenolic OH excluding ortho intramolecular Hbond substituents is 2. The first-order valence-electron chi connectivity index (χ1n) is 6.61. The Morgan fingerprint density at radius 2 is 1.32 bits per heavy atom. The van der Waals surface area contributed by atoms with Gasteiger partial charge in [0, 0.05) is 0 Å². The van der Waals surface area contributed by atoms with Crippen molar-refractivity contribution < 1.29 is 10.2 Å². The van der Waals surface area contributed by atoms with Crippen molar-refractivity contribution >= 4 is 0 Å². The second-order valence-electron chi connectivity index (χ2n) is 5.30. The standard InChI is InChI=1S/C17H20O2/c1-3-17(2,14-6-10-16(19)11-7-14)12-13-4-8-15(18)9-5-13/h4-11,18-19H,3,12H2,1-2H3. The number of rotatable bonds is 4. The van der Waals surface area contributed by atoms with Gasteiger partial charge in [0.15, 0.2) is 0 Å². The van der Waals surface area contributed by atoms with Gasteiger partial charge in [0.25, 0.3) is 0 Å². The largest absolute Gasteiger partial charge is 0.508 e. The number of aromatic hydroxyl groups is 2. The third-order valence-corrected chi connectivity index (χ3v) is 3.88. The molecule has 0 amide bonds. The zero-order valence-corrected chi connectivity index (χ0v) is 11.4. The fraction of sp³-hybridized carbons (Fsp3) is 0.294. The van der Waals surface area contributed by atoms with Crippen molar-refractivity contribution in [1.82, 2.24) is 0 Å². The Balaban J connectivity index is 2.27. The van der Waals surface area contributed by atoms with Gasteiger partial charge in [-0.2, -0.15) is 0 Å². The highest BCUT2D eigenvalue weighted by molar-refractivity contribution is 5.34. The Labute approximate surface area is 114 Å². The maximum atomic E-state index is 9.39. The smallest absolute Gasteiger partial charge is 0.115 e. The molecule has 0 spiro atoms. The lowest BCUT2D eigenvalue weighted by Crippen LogP contribution is -2.23. The van der Waals surface area contributed by atoms with Crippen molar-refractivity contribution in [3.8, 4) is 11.5 Å². The predicted octanol–water partition coefficient (Wildman–Crippen LogP) is 4.01. The van der Waals surface area contributed by atoms with Crippen molar-refractivity contribution in [2.75, 3.05) is 0 Å². The Hall–Kier alpha value is -1.96. The summed E-state index contributed by atoms with van der Waals surface area (Å²) in [6, 6.07) is 14.8. The summed E-state index contributed by atoms with van der Waals surface area (Å²) < 4.78 is 0. The van der Waals surface area contributed by atoms with E-state index in [0.29, 0.717) is 11.5 Å². The van der Waals surface area contributed by atoms with Gasteiger partial charge in [-0.15, -0.1) is 0 Å². The first-order chi connectivity index (χ1) is 9.03. The van der Waals surface area contributed by atoms with Gasteiger partial charge in [-0.25, -0.2) is 0 Å².